The Morgan fingerprint density at radius 1 is 1.45 bits per heavy atom. The number of hydrogen-bond acceptors (Lipinski definition) is 2. The Bertz CT molecular complexity index is 132. The molecule has 1 aliphatic rings. The minimum Gasteiger partial charge on any atom is -0.355 e. The van der Waals surface area contributed by atoms with Gasteiger partial charge in [0, 0.05) is 26.1 Å². The molecule has 2 N–H and O–H groups in total. The van der Waals surface area contributed by atoms with E-state index < -0.39 is 0 Å². The van der Waals surface area contributed by atoms with Crippen LogP contribution in [0.25, 0.3) is 0 Å². The standard InChI is InChI=1S/C8H16N2O/c1-7(11)9-5-6-10-8-3-2-4-8/h8,10H,2-6H2,1H3,(H,9,11). The molecule has 1 aliphatic carbocycles. The van der Waals surface area contributed by atoms with Crippen LogP contribution in [0.3, 0.4) is 0 Å². The van der Waals surface area contributed by atoms with Gasteiger partial charge in [0.2, 0.25) is 5.91 Å². The minimum atomic E-state index is 0.0559. The van der Waals surface area contributed by atoms with Gasteiger partial charge in [-0.1, -0.05) is 6.42 Å². The topological polar surface area (TPSA) is 41.1 Å². The predicted octanol–water partition coefficient (Wildman–Crippen LogP) is 0.265. The van der Waals surface area contributed by atoms with Gasteiger partial charge in [0.05, 0.1) is 0 Å². The fourth-order valence-corrected chi connectivity index (χ4v) is 1.13. The Hall–Kier alpha value is -0.570. The molecule has 0 spiro atoms. The van der Waals surface area contributed by atoms with E-state index in [1.165, 1.54) is 19.3 Å². The summed E-state index contributed by atoms with van der Waals surface area (Å²) in [5.74, 6) is 0.0559. The van der Waals surface area contributed by atoms with E-state index in [2.05, 4.69) is 10.6 Å². The number of nitrogens with one attached hydrogen (secondary N) is 2. The molecule has 1 saturated carbocycles. The molecule has 0 unspecified atom stereocenters. The first kappa shape index (κ1) is 8.53. The second kappa shape index (κ2) is 4.34. The maximum atomic E-state index is 10.4. The van der Waals surface area contributed by atoms with Crippen molar-refractivity contribution < 1.29 is 4.79 Å². The summed E-state index contributed by atoms with van der Waals surface area (Å²) >= 11 is 0. The van der Waals surface area contributed by atoms with Gasteiger partial charge in [-0.3, -0.25) is 4.79 Å². The van der Waals surface area contributed by atoms with E-state index in [-0.39, 0.29) is 5.91 Å². The highest BCUT2D eigenvalue weighted by Crippen LogP contribution is 2.17. The summed E-state index contributed by atoms with van der Waals surface area (Å²) in [4.78, 5) is 10.4. The Labute approximate surface area is 67.5 Å². The molecule has 1 rings (SSSR count). The zero-order chi connectivity index (χ0) is 8.10. The third-order valence-electron chi connectivity index (χ3n) is 2.04. The molecule has 0 saturated heterocycles. The molecule has 0 aromatic heterocycles. The Balaban J connectivity index is 1.83. The van der Waals surface area contributed by atoms with Gasteiger partial charge in [-0.25, -0.2) is 0 Å². The molecule has 3 heteroatoms. The molecule has 0 aliphatic heterocycles. The SMILES string of the molecule is CC(=O)NCCNC1CCC1. The van der Waals surface area contributed by atoms with Gasteiger partial charge >= 0.3 is 0 Å². The summed E-state index contributed by atoms with van der Waals surface area (Å²) in [7, 11) is 0. The van der Waals surface area contributed by atoms with E-state index in [1.807, 2.05) is 0 Å². The molecule has 64 valence electrons. The Morgan fingerprint density at radius 2 is 2.18 bits per heavy atom. The van der Waals surface area contributed by atoms with Crippen molar-refractivity contribution in [2.75, 3.05) is 13.1 Å². The van der Waals surface area contributed by atoms with Crippen molar-refractivity contribution in [3.63, 3.8) is 0 Å². The summed E-state index contributed by atoms with van der Waals surface area (Å²) in [5, 5.41) is 6.11. The predicted molar refractivity (Wildman–Crippen MR) is 44.3 cm³/mol. The van der Waals surface area contributed by atoms with Crippen LogP contribution in [0.2, 0.25) is 0 Å². The fraction of sp³-hybridized carbons (Fsp3) is 0.875. The summed E-state index contributed by atoms with van der Waals surface area (Å²) in [5.41, 5.74) is 0. The molecule has 1 fully saturated rings. The molecule has 1 amide bonds. The molecule has 0 atom stereocenters. The van der Waals surface area contributed by atoms with Crippen LogP contribution in [0, 0.1) is 0 Å². The normalized spacial score (nSPS) is 17.5. The lowest BCUT2D eigenvalue weighted by molar-refractivity contribution is -0.118. The van der Waals surface area contributed by atoms with Crippen LogP contribution >= 0.6 is 0 Å². The molecule has 0 aromatic carbocycles. The largest absolute Gasteiger partial charge is 0.355 e. The first-order chi connectivity index (χ1) is 5.29. The van der Waals surface area contributed by atoms with Gasteiger partial charge in [-0.15, -0.1) is 0 Å². The molecule has 0 radical (unpaired) electrons. The zero-order valence-electron chi connectivity index (χ0n) is 7.02. The van der Waals surface area contributed by atoms with Crippen molar-refractivity contribution in [3.8, 4) is 0 Å². The highest BCUT2D eigenvalue weighted by atomic mass is 16.1. The van der Waals surface area contributed by atoms with Crippen molar-refractivity contribution in [1.82, 2.24) is 10.6 Å². The summed E-state index contributed by atoms with van der Waals surface area (Å²) < 4.78 is 0. The van der Waals surface area contributed by atoms with Crippen molar-refractivity contribution in [1.29, 1.82) is 0 Å². The molecule has 0 bridgehead atoms. The molecule has 11 heavy (non-hydrogen) atoms. The Kier molecular flexibility index (Phi) is 3.36. The van der Waals surface area contributed by atoms with E-state index in [0.717, 1.165) is 19.1 Å². The molecule has 0 heterocycles. The van der Waals surface area contributed by atoms with Crippen LogP contribution in [-0.4, -0.2) is 25.0 Å². The first-order valence-electron chi connectivity index (χ1n) is 4.27. The van der Waals surface area contributed by atoms with Crippen LogP contribution in [0.4, 0.5) is 0 Å². The monoisotopic (exact) mass is 156 g/mol. The van der Waals surface area contributed by atoms with Gasteiger partial charge in [0.25, 0.3) is 0 Å². The van der Waals surface area contributed by atoms with E-state index in [9.17, 15) is 4.79 Å². The Morgan fingerprint density at radius 3 is 2.64 bits per heavy atom. The molecule has 0 aromatic rings. The van der Waals surface area contributed by atoms with Gasteiger partial charge in [0.1, 0.15) is 0 Å². The second-order valence-electron chi connectivity index (χ2n) is 3.06. The smallest absolute Gasteiger partial charge is 0.216 e. The second-order valence-corrected chi connectivity index (χ2v) is 3.06. The van der Waals surface area contributed by atoms with Gasteiger partial charge in [-0.05, 0) is 12.8 Å². The van der Waals surface area contributed by atoms with Crippen molar-refractivity contribution >= 4 is 5.91 Å². The molecule has 3 nitrogen and oxygen atoms in total. The van der Waals surface area contributed by atoms with Crippen LogP contribution in [0.15, 0.2) is 0 Å². The van der Waals surface area contributed by atoms with E-state index in [4.69, 9.17) is 0 Å². The maximum absolute atomic E-state index is 10.4. The summed E-state index contributed by atoms with van der Waals surface area (Å²) in [6.45, 7) is 3.21. The van der Waals surface area contributed by atoms with Crippen LogP contribution in [-0.2, 0) is 4.79 Å². The summed E-state index contributed by atoms with van der Waals surface area (Å²) in [6, 6.07) is 0.726. The van der Waals surface area contributed by atoms with Crippen LogP contribution in [0.5, 0.6) is 0 Å². The minimum absolute atomic E-state index is 0.0559. The maximum Gasteiger partial charge on any atom is 0.216 e. The van der Waals surface area contributed by atoms with Crippen molar-refractivity contribution in [2.45, 2.75) is 32.2 Å². The number of carbonyl (C=O) groups excluding carboxylic acids is 1. The van der Waals surface area contributed by atoms with Gasteiger partial charge < -0.3 is 10.6 Å². The lowest BCUT2D eigenvalue weighted by Crippen LogP contribution is -2.39. The third kappa shape index (κ3) is 3.37. The number of carbonyl (C=O) groups is 1. The van der Waals surface area contributed by atoms with E-state index in [0.29, 0.717) is 0 Å². The third-order valence-corrected chi connectivity index (χ3v) is 2.04. The molecular formula is C8H16N2O. The lowest BCUT2D eigenvalue weighted by Gasteiger charge is -2.26. The average Bonchev–Trinajstić information content (AvgIpc) is 1.82. The van der Waals surface area contributed by atoms with E-state index >= 15 is 0 Å². The molecular weight excluding hydrogens is 140 g/mol. The first-order valence-corrected chi connectivity index (χ1v) is 4.27. The van der Waals surface area contributed by atoms with Gasteiger partial charge in [-0.2, -0.15) is 0 Å². The highest BCUT2D eigenvalue weighted by Gasteiger charge is 2.15. The highest BCUT2D eigenvalue weighted by molar-refractivity contribution is 5.72. The lowest BCUT2D eigenvalue weighted by atomic mass is 9.93. The van der Waals surface area contributed by atoms with Crippen molar-refractivity contribution in [2.24, 2.45) is 0 Å². The van der Waals surface area contributed by atoms with Crippen LogP contribution < -0.4 is 10.6 Å². The number of amides is 1. The summed E-state index contributed by atoms with van der Waals surface area (Å²) in [6.07, 6.45) is 3.97. The van der Waals surface area contributed by atoms with Crippen LogP contribution in [0.1, 0.15) is 26.2 Å². The number of hydrogen-bond donors (Lipinski definition) is 2. The average molecular weight is 156 g/mol. The van der Waals surface area contributed by atoms with Crippen molar-refractivity contribution in [3.05, 3.63) is 0 Å². The quantitative estimate of drug-likeness (QED) is 0.573. The fourth-order valence-electron chi connectivity index (χ4n) is 1.13. The van der Waals surface area contributed by atoms with E-state index in [1.54, 1.807) is 6.92 Å². The van der Waals surface area contributed by atoms with Gasteiger partial charge in [0.15, 0.2) is 0 Å². The zero-order valence-corrected chi connectivity index (χ0v) is 7.02. The number of rotatable bonds is 4.